The van der Waals surface area contributed by atoms with Crippen LogP contribution >= 0.6 is 0 Å². The van der Waals surface area contributed by atoms with Gasteiger partial charge in [0.1, 0.15) is 0 Å². The Hall–Kier alpha value is -2.88. The van der Waals surface area contributed by atoms with Crippen LogP contribution in [0.5, 0.6) is 0 Å². The van der Waals surface area contributed by atoms with E-state index in [4.69, 9.17) is 0 Å². The molecule has 0 amide bonds. The number of pyridine rings is 2. The molecule has 0 aliphatic carbocycles. The number of aromatic nitrogens is 3. The molecule has 0 unspecified atom stereocenters. The maximum absolute atomic E-state index is 4.47. The minimum absolute atomic E-state index is 0.634. The van der Waals surface area contributed by atoms with Crippen molar-refractivity contribution in [2.24, 2.45) is 0 Å². The van der Waals surface area contributed by atoms with Crippen LogP contribution in [-0.4, -0.2) is 32.5 Å². The zero-order valence-corrected chi connectivity index (χ0v) is 15.1. The molecule has 4 heteroatoms. The third kappa shape index (κ3) is 3.85. The van der Waals surface area contributed by atoms with E-state index in [2.05, 4.69) is 75.3 Å². The second-order valence-electron chi connectivity index (χ2n) is 6.91. The largest absolute Gasteiger partial charge is 0.377 e. The highest BCUT2D eigenvalue weighted by Crippen LogP contribution is 2.23. The van der Waals surface area contributed by atoms with Crippen molar-refractivity contribution >= 4 is 6.08 Å². The Balaban J connectivity index is 1.41. The Kier molecular flexibility index (Phi) is 4.82. The first kappa shape index (κ1) is 16.6. The van der Waals surface area contributed by atoms with Gasteiger partial charge in [0, 0.05) is 43.9 Å². The predicted octanol–water partition coefficient (Wildman–Crippen LogP) is 4.56. The van der Waals surface area contributed by atoms with E-state index >= 15 is 0 Å². The van der Waals surface area contributed by atoms with Gasteiger partial charge in [0.15, 0.2) is 0 Å². The fourth-order valence-electron chi connectivity index (χ4n) is 3.48. The average molecular weight is 344 g/mol. The predicted molar refractivity (Wildman–Crippen MR) is 106 cm³/mol. The van der Waals surface area contributed by atoms with Crippen LogP contribution in [0.4, 0.5) is 0 Å². The maximum atomic E-state index is 4.47. The highest BCUT2D eigenvalue weighted by molar-refractivity contribution is 5.60. The minimum atomic E-state index is 0.634. The molecule has 3 aromatic heterocycles. The molecule has 4 nitrogen and oxygen atoms in total. The fourth-order valence-corrected chi connectivity index (χ4v) is 3.48. The molecule has 0 radical (unpaired) electrons. The smallest absolute Gasteiger partial charge is 0.0892 e. The third-order valence-corrected chi connectivity index (χ3v) is 4.99. The number of likely N-dealkylation sites (tertiary alicyclic amines) is 1. The molecule has 0 atom stereocenters. The van der Waals surface area contributed by atoms with Gasteiger partial charge in [0.2, 0.25) is 0 Å². The summed E-state index contributed by atoms with van der Waals surface area (Å²) in [5, 5.41) is 0. The van der Waals surface area contributed by atoms with Gasteiger partial charge >= 0.3 is 0 Å². The van der Waals surface area contributed by atoms with Gasteiger partial charge < -0.3 is 9.47 Å². The minimum Gasteiger partial charge on any atom is -0.377 e. The number of aryl methyl sites for hydroxylation is 1. The Morgan fingerprint density at radius 3 is 2.38 bits per heavy atom. The van der Waals surface area contributed by atoms with Gasteiger partial charge in [0.25, 0.3) is 0 Å². The van der Waals surface area contributed by atoms with Crippen LogP contribution in [0, 0.1) is 6.92 Å². The molecule has 0 spiro atoms. The zero-order chi connectivity index (χ0) is 17.8. The third-order valence-electron chi connectivity index (χ3n) is 4.99. The summed E-state index contributed by atoms with van der Waals surface area (Å²) in [7, 11) is 0. The van der Waals surface area contributed by atoms with E-state index in [1.165, 1.54) is 18.4 Å². The Bertz CT molecular complexity index is 875. The van der Waals surface area contributed by atoms with E-state index in [1.54, 1.807) is 0 Å². The summed E-state index contributed by atoms with van der Waals surface area (Å²) in [5.74, 6) is 0. The number of rotatable bonds is 4. The molecule has 1 fully saturated rings. The van der Waals surface area contributed by atoms with Crippen molar-refractivity contribution in [2.75, 3.05) is 13.1 Å². The van der Waals surface area contributed by atoms with Crippen LogP contribution in [0.1, 0.15) is 30.0 Å². The molecule has 4 heterocycles. The lowest BCUT2D eigenvalue weighted by molar-refractivity contribution is 0.245. The normalized spacial score (nSPS) is 15.7. The molecule has 3 aromatic rings. The highest BCUT2D eigenvalue weighted by Gasteiger charge is 2.17. The second kappa shape index (κ2) is 7.56. The molecular weight excluding hydrogens is 320 g/mol. The van der Waals surface area contributed by atoms with Crippen LogP contribution in [-0.2, 0) is 0 Å². The lowest BCUT2D eigenvalue weighted by atomic mass is 10.1. The number of nitrogens with zero attached hydrogens (tertiary/aromatic N) is 4. The van der Waals surface area contributed by atoms with Gasteiger partial charge in [-0.2, -0.15) is 0 Å². The molecule has 0 aromatic carbocycles. The topological polar surface area (TPSA) is 34.0 Å². The van der Waals surface area contributed by atoms with Gasteiger partial charge in [-0.3, -0.25) is 9.97 Å². The summed E-state index contributed by atoms with van der Waals surface area (Å²) in [5.41, 5.74) is 4.20. The lowest BCUT2D eigenvalue weighted by Gasteiger charge is -2.32. The lowest BCUT2D eigenvalue weighted by Crippen LogP contribution is -2.30. The summed E-state index contributed by atoms with van der Waals surface area (Å²) < 4.78 is 2.34. The van der Waals surface area contributed by atoms with E-state index in [-0.39, 0.29) is 0 Å². The SMILES string of the molecule is Cc1ccnc(-c2cc(C=CN3CCC(n4cccc4)CC3)ccn2)c1. The van der Waals surface area contributed by atoms with E-state index in [0.29, 0.717) is 6.04 Å². The summed E-state index contributed by atoms with van der Waals surface area (Å²) in [6, 6.07) is 13.1. The van der Waals surface area contributed by atoms with Crippen LogP contribution < -0.4 is 0 Å². The number of hydrogen-bond donors (Lipinski definition) is 0. The van der Waals surface area contributed by atoms with Crippen molar-refractivity contribution in [3.05, 3.63) is 78.5 Å². The van der Waals surface area contributed by atoms with E-state index < -0.39 is 0 Å². The molecule has 0 saturated carbocycles. The molecule has 1 aliphatic heterocycles. The van der Waals surface area contributed by atoms with Crippen molar-refractivity contribution in [3.8, 4) is 11.4 Å². The van der Waals surface area contributed by atoms with Gasteiger partial charge in [-0.25, -0.2) is 0 Å². The summed E-state index contributed by atoms with van der Waals surface area (Å²) in [4.78, 5) is 11.3. The first-order valence-electron chi connectivity index (χ1n) is 9.22. The fraction of sp³-hybridized carbons (Fsp3) is 0.273. The van der Waals surface area contributed by atoms with Crippen molar-refractivity contribution in [3.63, 3.8) is 0 Å². The highest BCUT2D eigenvalue weighted by atomic mass is 15.1. The molecule has 132 valence electrons. The Labute approximate surface area is 154 Å². The molecule has 26 heavy (non-hydrogen) atoms. The van der Waals surface area contributed by atoms with Crippen molar-refractivity contribution in [2.45, 2.75) is 25.8 Å². The molecular formula is C22H24N4. The Morgan fingerprint density at radius 1 is 0.962 bits per heavy atom. The molecule has 1 aliphatic rings. The monoisotopic (exact) mass is 344 g/mol. The summed E-state index contributed by atoms with van der Waals surface area (Å²) >= 11 is 0. The van der Waals surface area contributed by atoms with Crippen LogP contribution in [0.15, 0.2) is 67.4 Å². The average Bonchev–Trinajstić information content (AvgIpc) is 3.22. The molecule has 0 N–H and O–H groups in total. The first-order valence-corrected chi connectivity index (χ1v) is 9.22. The van der Waals surface area contributed by atoms with E-state index in [1.807, 2.05) is 24.5 Å². The standard InChI is InChI=1S/C22H24N4/c1-18-4-9-23-21(16-18)22-17-19(5-10-24-22)6-13-25-14-7-20(8-15-25)26-11-2-3-12-26/h2-6,9-13,16-17,20H,7-8,14-15H2,1H3. The molecule has 0 bridgehead atoms. The van der Waals surface area contributed by atoms with E-state index in [9.17, 15) is 0 Å². The molecule has 1 saturated heterocycles. The van der Waals surface area contributed by atoms with Crippen LogP contribution in [0.25, 0.3) is 17.5 Å². The number of piperidine rings is 1. The van der Waals surface area contributed by atoms with E-state index in [0.717, 1.165) is 30.0 Å². The van der Waals surface area contributed by atoms with Gasteiger partial charge in [-0.1, -0.05) is 0 Å². The number of hydrogen-bond acceptors (Lipinski definition) is 3. The maximum Gasteiger partial charge on any atom is 0.0892 e. The van der Waals surface area contributed by atoms with Gasteiger partial charge in [-0.05, 0) is 79.6 Å². The van der Waals surface area contributed by atoms with Gasteiger partial charge in [-0.15, -0.1) is 0 Å². The zero-order valence-electron chi connectivity index (χ0n) is 15.1. The summed E-state index contributed by atoms with van der Waals surface area (Å²) in [6.07, 6.45) is 14.8. The molecule has 4 rings (SSSR count). The van der Waals surface area contributed by atoms with Crippen molar-refractivity contribution in [1.82, 2.24) is 19.4 Å². The van der Waals surface area contributed by atoms with Crippen LogP contribution in [0.3, 0.4) is 0 Å². The van der Waals surface area contributed by atoms with Crippen molar-refractivity contribution in [1.29, 1.82) is 0 Å². The first-order chi connectivity index (χ1) is 12.8. The van der Waals surface area contributed by atoms with Crippen molar-refractivity contribution < 1.29 is 0 Å². The second-order valence-corrected chi connectivity index (χ2v) is 6.91. The summed E-state index contributed by atoms with van der Waals surface area (Å²) in [6.45, 7) is 4.26. The quantitative estimate of drug-likeness (QED) is 0.696. The van der Waals surface area contributed by atoms with Crippen LogP contribution in [0.2, 0.25) is 0 Å². The Morgan fingerprint density at radius 2 is 1.65 bits per heavy atom. The van der Waals surface area contributed by atoms with Gasteiger partial charge in [0.05, 0.1) is 11.4 Å².